The van der Waals surface area contributed by atoms with E-state index in [1.807, 2.05) is 0 Å². The Balaban J connectivity index is 1.37. The first-order valence-corrected chi connectivity index (χ1v) is 9.34. The molecule has 6 aliphatic rings. The fraction of sp³-hybridized carbons (Fsp3) is 0.889. The van der Waals surface area contributed by atoms with E-state index in [1.54, 1.807) is 0 Å². The molecule has 0 aromatic rings. The summed E-state index contributed by atoms with van der Waals surface area (Å²) in [6.45, 7) is -0.0258. The molecule has 3 unspecified atom stereocenters. The van der Waals surface area contributed by atoms with Crippen molar-refractivity contribution < 1.29 is 4.79 Å². The number of carbonyl (C=O) groups is 1. The highest BCUT2D eigenvalue weighted by molar-refractivity contribution is 6.94. The average molecular weight is 296 g/mol. The normalized spacial score (nSPS) is 52.3. The van der Waals surface area contributed by atoms with E-state index in [9.17, 15) is 10.1 Å². The van der Waals surface area contributed by atoms with E-state index in [0.717, 1.165) is 18.3 Å². The van der Waals surface area contributed by atoms with Gasteiger partial charge in [0.25, 0.3) is 0 Å². The largest absolute Gasteiger partial charge is 0.322 e. The second kappa shape index (κ2) is 4.60. The Morgan fingerprint density at radius 1 is 1.00 bits per heavy atom. The number of fused-ring (bicyclic) bond motifs is 1. The van der Waals surface area contributed by atoms with E-state index in [-0.39, 0.29) is 24.3 Å². The summed E-state index contributed by atoms with van der Waals surface area (Å²) in [5.74, 6) is 4.79. The van der Waals surface area contributed by atoms with Crippen LogP contribution in [0.25, 0.3) is 0 Å². The van der Waals surface area contributed by atoms with Gasteiger partial charge in [-0.15, -0.1) is 0 Å². The van der Waals surface area contributed by atoms with E-state index >= 15 is 0 Å². The van der Waals surface area contributed by atoms with Crippen molar-refractivity contribution >= 4 is 12.4 Å². The van der Waals surface area contributed by atoms with Crippen molar-refractivity contribution in [2.24, 2.45) is 41.2 Å². The number of nitrogens with two attached hydrogens (primary N) is 1. The van der Waals surface area contributed by atoms with Gasteiger partial charge in [-0.3, -0.25) is 0 Å². The Labute approximate surface area is 133 Å². The van der Waals surface area contributed by atoms with Gasteiger partial charge >= 0.3 is 0 Å². The maximum Gasteiger partial charge on any atom is 0.247 e. The van der Waals surface area contributed by atoms with E-state index in [0.29, 0.717) is 29.5 Å². The molecular formula is C18H25BN2O. The fourth-order valence-electron chi connectivity index (χ4n) is 7.26. The number of carbonyl (C=O) groups excluding carboxylic acids is 1. The molecule has 0 amide bonds. The summed E-state index contributed by atoms with van der Waals surface area (Å²) < 4.78 is 0. The highest BCUT2D eigenvalue weighted by atomic mass is 16.1. The van der Waals surface area contributed by atoms with Gasteiger partial charge in [-0.05, 0) is 74.0 Å². The van der Waals surface area contributed by atoms with Gasteiger partial charge in [0, 0.05) is 5.82 Å². The van der Waals surface area contributed by atoms with Crippen LogP contribution >= 0.6 is 0 Å². The van der Waals surface area contributed by atoms with Crippen molar-refractivity contribution in [3.63, 3.8) is 0 Å². The summed E-state index contributed by atoms with van der Waals surface area (Å²) in [4.78, 5) is 13.1. The fourth-order valence-corrected chi connectivity index (χ4v) is 7.26. The van der Waals surface area contributed by atoms with Crippen LogP contribution in [0.4, 0.5) is 0 Å². The standard InChI is InChI=1S/C18H25BN2O/c20-8-14-6-11-7-15(11)19(14)18(22)17(21)16-12-2-9-1-10(4-12)5-13(16)3-9/h9-17H,1-7,21H2/t9?,10?,11?,12?,13?,14-,15?,16?,17?/m0/s1. The molecule has 1 saturated heterocycles. The van der Waals surface area contributed by atoms with Gasteiger partial charge in [0.2, 0.25) is 6.71 Å². The van der Waals surface area contributed by atoms with Crippen LogP contribution in [0.3, 0.4) is 0 Å². The topological polar surface area (TPSA) is 66.9 Å². The Morgan fingerprint density at radius 3 is 2.23 bits per heavy atom. The highest BCUT2D eigenvalue weighted by Crippen LogP contribution is 2.62. The molecule has 3 nitrogen and oxygen atoms in total. The lowest BCUT2D eigenvalue weighted by Crippen LogP contribution is -2.56. The molecular weight excluding hydrogens is 271 g/mol. The van der Waals surface area contributed by atoms with Crippen LogP contribution in [-0.4, -0.2) is 18.4 Å². The summed E-state index contributed by atoms with van der Waals surface area (Å²) in [5.41, 5.74) is 6.82. The van der Waals surface area contributed by atoms with Crippen LogP contribution in [0, 0.1) is 46.8 Å². The van der Waals surface area contributed by atoms with Crippen LogP contribution in [0.15, 0.2) is 0 Å². The van der Waals surface area contributed by atoms with E-state index in [1.165, 1.54) is 38.5 Å². The van der Waals surface area contributed by atoms with Crippen LogP contribution in [0.5, 0.6) is 0 Å². The maximum absolute atomic E-state index is 13.1. The van der Waals surface area contributed by atoms with E-state index in [4.69, 9.17) is 5.73 Å². The summed E-state index contributed by atoms with van der Waals surface area (Å²) in [6, 6.07) is 2.12. The molecule has 22 heavy (non-hydrogen) atoms. The number of hydrogen-bond donors (Lipinski definition) is 1. The molecule has 0 aromatic carbocycles. The molecule has 4 heteroatoms. The van der Waals surface area contributed by atoms with Gasteiger partial charge in [-0.2, -0.15) is 5.26 Å². The molecule has 2 N–H and O–H groups in total. The van der Waals surface area contributed by atoms with Crippen LogP contribution in [-0.2, 0) is 4.79 Å². The molecule has 0 aromatic heterocycles. The number of nitrogens with zero attached hydrogens (tertiary/aromatic N) is 1. The van der Waals surface area contributed by atoms with Crippen molar-refractivity contribution in [1.29, 1.82) is 5.26 Å². The second-order valence-corrected chi connectivity index (χ2v) is 9.09. The minimum atomic E-state index is -0.282. The van der Waals surface area contributed by atoms with Crippen molar-refractivity contribution in [2.75, 3.05) is 0 Å². The monoisotopic (exact) mass is 296 g/mol. The van der Waals surface area contributed by atoms with Crippen LogP contribution in [0.1, 0.15) is 44.9 Å². The van der Waals surface area contributed by atoms with E-state index in [2.05, 4.69) is 6.07 Å². The third-order valence-electron chi connectivity index (χ3n) is 7.97. The predicted octanol–water partition coefficient (Wildman–Crippen LogP) is 2.68. The molecule has 116 valence electrons. The quantitative estimate of drug-likeness (QED) is 0.814. The Kier molecular flexibility index (Phi) is 2.85. The van der Waals surface area contributed by atoms with Crippen LogP contribution < -0.4 is 5.73 Å². The smallest absolute Gasteiger partial charge is 0.247 e. The first kappa shape index (κ1) is 13.6. The van der Waals surface area contributed by atoms with Gasteiger partial charge in [-0.1, -0.05) is 12.2 Å². The molecule has 5 saturated carbocycles. The molecule has 4 atom stereocenters. The third-order valence-corrected chi connectivity index (χ3v) is 7.97. The minimum Gasteiger partial charge on any atom is -0.322 e. The first-order chi connectivity index (χ1) is 10.7. The van der Waals surface area contributed by atoms with Crippen molar-refractivity contribution in [3.05, 3.63) is 0 Å². The molecule has 6 fully saturated rings. The van der Waals surface area contributed by atoms with Crippen molar-refractivity contribution in [1.82, 2.24) is 0 Å². The lowest BCUT2D eigenvalue weighted by Gasteiger charge is -2.56. The van der Waals surface area contributed by atoms with Gasteiger partial charge in [0.15, 0.2) is 0 Å². The summed E-state index contributed by atoms with van der Waals surface area (Å²) in [7, 11) is 0. The van der Waals surface area contributed by atoms with Gasteiger partial charge in [-0.25, -0.2) is 0 Å². The Bertz CT molecular complexity index is 528. The molecule has 0 spiro atoms. The van der Waals surface area contributed by atoms with Gasteiger partial charge < -0.3 is 10.5 Å². The molecule has 1 aliphatic heterocycles. The predicted molar refractivity (Wildman–Crippen MR) is 85.1 cm³/mol. The maximum atomic E-state index is 13.1. The lowest BCUT2D eigenvalue weighted by atomic mass is 9.35. The lowest BCUT2D eigenvalue weighted by molar-refractivity contribution is -0.119. The number of hydrogen-bond acceptors (Lipinski definition) is 3. The molecule has 6 rings (SSSR count). The zero-order chi connectivity index (χ0) is 15.0. The van der Waals surface area contributed by atoms with Gasteiger partial charge in [0.05, 0.1) is 12.1 Å². The first-order valence-electron chi connectivity index (χ1n) is 9.34. The molecule has 4 bridgehead atoms. The molecule has 1 heterocycles. The average Bonchev–Trinajstić information content (AvgIpc) is 3.16. The number of nitriles is 1. The van der Waals surface area contributed by atoms with Crippen molar-refractivity contribution in [2.45, 2.75) is 62.6 Å². The van der Waals surface area contributed by atoms with Crippen LogP contribution in [0.2, 0.25) is 11.6 Å². The summed E-state index contributed by atoms with van der Waals surface area (Å²) in [6.07, 6.45) is 8.82. The highest BCUT2D eigenvalue weighted by Gasteiger charge is 2.61. The second-order valence-electron chi connectivity index (χ2n) is 9.09. The zero-order valence-electron chi connectivity index (χ0n) is 13.2. The van der Waals surface area contributed by atoms with E-state index < -0.39 is 0 Å². The minimum absolute atomic E-state index is 0.0258. The summed E-state index contributed by atoms with van der Waals surface area (Å²) >= 11 is 0. The SMILES string of the molecule is N#C[C@@H]1CC2CC2B1C(=O)C(N)C1C2CC3CC(C2)CC1C3. The zero-order valence-corrected chi connectivity index (χ0v) is 13.2. The Hall–Kier alpha value is -0.815. The summed E-state index contributed by atoms with van der Waals surface area (Å²) in [5, 5.41) is 9.37. The number of rotatable bonds is 3. The third kappa shape index (κ3) is 1.81. The Morgan fingerprint density at radius 2 is 1.64 bits per heavy atom. The molecule has 5 aliphatic carbocycles. The van der Waals surface area contributed by atoms with Crippen molar-refractivity contribution in [3.8, 4) is 6.07 Å². The molecule has 0 radical (unpaired) electrons. The van der Waals surface area contributed by atoms with Gasteiger partial charge in [0.1, 0.15) is 5.68 Å².